The van der Waals surface area contributed by atoms with Gasteiger partial charge in [0.1, 0.15) is 0 Å². The number of nitrogens with zero attached hydrogens (tertiary/aromatic N) is 5. The van der Waals surface area contributed by atoms with E-state index in [1.807, 2.05) is 60.8 Å². The largest absolute Gasteiger partial charge is 0.255 e. The van der Waals surface area contributed by atoms with Crippen LogP contribution in [0.25, 0.3) is 99.9 Å². The van der Waals surface area contributed by atoms with E-state index in [1.165, 1.54) is 0 Å². The number of hydrogen-bond donors (Lipinski definition) is 0. The zero-order valence-corrected chi connectivity index (χ0v) is 28.0. The summed E-state index contributed by atoms with van der Waals surface area (Å²) >= 11 is 0. The lowest BCUT2D eigenvalue weighted by molar-refractivity contribution is 1.23. The standard InChI is InChI=1S/C47H29N5/c1-2-9-31(10-3-1)40-26-24-34-22-23-35-25-27-41(50-46(35)45(34)49-40)32-20-18-30(19-21-32)36-12-6-13-37(29-36)44-38-15-4-5-17-42(38)51-47(52-44)39-16-7-11-33-14-8-28-48-43(33)39/h1-29H. The molecule has 0 bridgehead atoms. The van der Waals surface area contributed by atoms with Gasteiger partial charge in [0.05, 0.1) is 39.1 Å². The number of pyridine rings is 3. The van der Waals surface area contributed by atoms with Crippen molar-refractivity contribution < 1.29 is 0 Å². The van der Waals surface area contributed by atoms with E-state index in [2.05, 4.69) is 120 Å². The highest BCUT2D eigenvalue weighted by Crippen LogP contribution is 2.34. The molecule has 52 heavy (non-hydrogen) atoms. The highest BCUT2D eigenvalue weighted by molar-refractivity contribution is 6.04. The predicted octanol–water partition coefficient (Wildman–Crippen LogP) is 11.6. The molecule has 5 heteroatoms. The molecule has 0 fully saturated rings. The molecule has 242 valence electrons. The summed E-state index contributed by atoms with van der Waals surface area (Å²) in [5, 5.41) is 4.21. The van der Waals surface area contributed by atoms with Crippen LogP contribution in [0.5, 0.6) is 0 Å². The Labute approximate surface area is 300 Å². The number of para-hydroxylation sites is 2. The van der Waals surface area contributed by atoms with Crippen LogP contribution in [-0.4, -0.2) is 24.9 Å². The Balaban J connectivity index is 1.02. The first kappa shape index (κ1) is 29.8. The molecule has 0 spiro atoms. The average molecular weight is 664 g/mol. The first-order valence-electron chi connectivity index (χ1n) is 17.3. The zero-order chi connectivity index (χ0) is 34.4. The maximum Gasteiger partial charge on any atom is 0.162 e. The van der Waals surface area contributed by atoms with Crippen LogP contribution < -0.4 is 0 Å². The van der Waals surface area contributed by atoms with Gasteiger partial charge < -0.3 is 0 Å². The molecule has 0 saturated heterocycles. The number of benzene rings is 6. The van der Waals surface area contributed by atoms with E-state index in [0.717, 1.165) is 94.1 Å². The smallest absolute Gasteiger partial charge is 0.162 e. The van der Waals surface area contributed by atoms with Crippen LogP contribution in [0.2, 0.25) is 0 Å². The summed E-state index contributed by atoms with van der Waals surface area (Å²) in [5.74, 6) is 0.662. The van der Waals surface area contributed by atoms with Crippen molar-refractivity contribution in [2.75, 3.05) is 0 Å². The first-order chi connectivity index (χ1) is 25.7. The minimum Gasteiger partial charge on any atom is -0.255 e. The third-order valence-corrected chi connectivity index (χ3v) is 9.72. The Morgan fingerprint density at radius 1 is 0.346 bits per heavy atom. The lowest BCUT2D eigenvalue weighted by Crippen LogP contribution is -1.96. The topological polar surface area (TPSA) is 64.5 Å². The molecule has 4 aromatic heterocycles. The monoisotopic (exact) mass is 663 g/mol. The van der Waals surface area contributed by atoms with Gasteiger partial charge >= 0.3 is 0 Å². The molecule has 0 amide bonds. The van der Waals surface area contributed by atoms with Crippen molar-refractivity contribution in [1.29, 1.82) is 0 Å². The van der Waals surface area contributed by atoms with Gasteiger partial charge in [0.2, 0.25) is 0 Å². The Morgan fingerprint density at radius 2 is 0.942 bits per heavy atom. The first-order valence-corrected chi connectivity index (χ1v) is 17.3. The Kier molecular flexibility index (Phi) is 7.07. The van der Waals surface area contributed by atoms with Crippen molar-refractivity contribution in [2.45, 2.75) is 0 Å². The Hall–Kier alpha value is -7.11. The minimum absolute atomic E-state index is 0.662. The van der Waals surface area contributed by atoms with Crippen molar-refractivity contribution >= 4 is 43.6 Å². The molecule has 0 N–H and O–H groups in total. The summed E-state index contributed by atoms with van der Waals surface area (Å²) < 4.78 is 0. The molecule has 0 radical (unpaired) electrons. The summed E-state index contributed by atoms with van der Waals surface area (Å²) in [6.45, 7) is 0. The second-order valence-electron chi connectivity index (χ2n) is 12.9. The van der Waals surface area contributed by atoms with Crippen LogP contribution in [0.1, 0.15) is 0 Å². The summed E-state index contributed by atoms with van der Waals surface area (Å²) in [5.41, 5.74) is 12.6. The fraction of sp³-hybridized carbons (Fsp3) is 0. The molecule has 6 aromatic carbocycles. The molecular formula is C47H29N5. The number of aromatic nitrogens is 5. The van der Waals surface area contributed by atoms with Crippen molar-refractivity contribution in [3.8, 4) is 56.3 Å². The summed E-state index contributed by atoms with van der Waals surface area (Å²) in [7, 11) is 0. The highest BCUT2D eigenvalue weighted by Gasteiger charge is 2.15. The van der Waals surface area contributed by atoms with E-state index < -0.39 is 0 Å². The third-order valence-electron chi connectivity index (χ3n) is 9.72. The Bertz CT molecular complexity index is 2950. The second kappa shape index (κ2) is 12.3. The van der Waals surface area contributed by atoms with E-state index in [-0.39, 0.29) is 0 Å². The quantitative estimate of drug-likeness (QED) is 0.171. The second-order valence-corrected chi connectivity index (χ2v) is 12.9. The maximum absolute atomic E-state index is 5.18. The van der Waals surface area contributed by atoms with Crippen LogP contribution in [0.15, 0.2) is 176 Å². The van der Waals surface area contributed by atoms with Gasteiger partial charge in [-0.15, -0.1) is 0 Å². The van der Waals surface area contributed by atoms with E-state index in [1.54, 1.807) is 0 Å². The molecule has 0 unspecified atom stereocenters. The van der Waals surface area contributed by atoms with E-state index in [9.17, 15) is 0 Å². The summed E-state index contributed by atoms with van der Waals surface area (Å²) in [6, 6.07) is 58.6. The van der Waals surface area contributed by atoms with Gasteiger partial charge in [-0.3, -0.25) is 4.98 Å². The summed E-state index contributed by atoms with van der Waals surface area (Å²) in [4.78, 5) is 25.1. The SMILES string of the molecule is c1ccc(-c2ccc3ccc4ccc(-c5ccc(-c6cccc(-c7nc(-c8cccc9cccnc89)nc8ccccc78)c6)cc5)nc4c3n2)cc1. The van der Waals surface area contributed by atoms with Gasteiger partial charge in [0.25, 0.3) is 0 Å². The van der Waals surface area contributed by atoms with Gasteiger partial charge in [0, 0.05) is 50.0 Å². The van der Waals surface area contributed by atoms with Crippen LogP contribution >= 0.6 is 0 Å². The molecule has 0 atom stereocenters. The third kappa shape index (κ3) is 5.24. The van der Waals surface area contributed by atoms with E-state index in [0.29, 0.717) is 5.82 Å². The van der Waals surface area contributed by atoms with E-state index in [4.69, 9.17) is 19.9 Å². The molecule has 0 saturated carbocycles. The highest BCUT2D eigenvalue weighted by atomic mass is 14.9. The van der Waals surface area contributed by atoms with Gasteiger partial charge in [0.15, 0.2) is 5.82 Å². The molecule has 4 heterocycles. The van der Waals surface area contributed by atoms with Crippen LogP contribution in [0.4, 0.5) is 0 Å². The fourth-order valence-corrected chi connectivity index (χ4v) is 7.08. The van der Waals surface area contributed by atoms with Crippen LogP contribution in [-0.2, 0) is 0 Å². The van der Waals surface area contributed by atoms with Gasteiger partial charge in [-0.1, -0.05) is 133 Å². The summed E-state index contributed by atoms with van der Waals surface area (Å²) in [6.07, 6.45) is 1.82. The lowest BCUT2D eigenvalue weighted by atomic mass is 9.98. The molecule has 5 nitrogen and oxygen atoms in total. The molecule has 0 aliphatic carbocycles. The number of fused-ring (bicyclic) bond motifs is 5. The van der Waals surface area contributed by atoms with Crippen molar-refractivity contribution in [3.05, 3.63) is 176 Å². The van der Waals surface area contributed by atoms with Crippen molar-refractivity contribution in [3.63, 3.8) is 0 Å². The van der Waals surface area contributed by atoms with Crippen molar-refractivity contribution in [2.24, 2.45) is 0 Å². The van der Waals surface area contributed by atoms with Crippen molar-refractivity contribution in [1.82, 2.24) is 24.9 Å². The molecule has 0 aliphatic heterocycles. The molecule has 0 aliphatic rings. The number of rotatable bonds is 5. The van der Waals surface area contributed by atoms with Gasteiger partial charge in [-0.05, 0) is 47.5 Å². The fourth-order valence-electron chi connectivity index (χ4n) is 7.08. The zero-order valence-electron chi connectivity index (χ0n) is 28.0. The maximum atomic E-state index is 5.18. The average Bonchev–Trinajstić information content (AvgIpc) is 3.23. The normalized spacial score (nSPS) is 11.5. The van der Waals surface area contributed by atoms with Crippen LogP contribution in [0, 0.1) is 0 Å². The van der Waals surface area contributed by atoms with Gasteiger partial charge in [-0.25, -0.2) is 19.9 Å². The van der Waals surface area contributed by atoms with Gasteiger partial charge in [-0.2, -0.15) is 0 Å². The molecule has 10 rings (SSSR count). The number of hydrogen-bond acceptors (Lipinski definition) is 5. The molecule has 10 aromatic rings. The minimum atomic E-state index is 0.662. The molecular weight excluding hydrogens is 635 g/mol. The lowest BCUT2D eigenvalue weighted by Gasteiger charge is -2.12. The predicted molar refractivity (Wildman–Crippen MR) is 213 cm³/mol. The van der Waals surface area contributed by atoms with Crippen LogP contribution in [0.3, 0.4) is 0 Å². The van der Waals surface area contributed by atoms with E-state index >= 15 is 0 Å². The Morgan fingerprint density at radius 3 is 1.73 bits per heavy atom.